The zero-order valence-electron chi connectivity index (χ0n) is 15.0. The minimum absolute atomic E-state index is 0.0338. The van der Waals surface area contributed by atoms with Gasteiger partial charge in [-0.25, -0.2) is 4.79 Å². The summed E-state index contributed by atoms with van der Waals surface area (Å²) >= 11 is 0. The molecule has 138 valence electrons. The Kier molecular flexibility index (Phi) is 5.43. The lowest BCUT2D eigenvalue weighted by atomic mass is 9.92. The first kappa shape index (κ1) is 18.2. The summed E-state index contributed by atoms with van der Waals surface area (Å²) in [5, 5.41) is 11.6. The molecule has 2 aliphatic rings. The molecular weight excluding hydrogens is 332 g/mol. The van der Waals surface area contributed by atoms with Gasteiger partial charge in [0.1, 0.15) is 5.60 Å². The number of piperidine rings is 1. The zero-order chi connectivity index (χ0) is 18.6. The van der Waals surface area contributed by atoms with Crippen LogP contribution in [-0.4, -0.2) is 60.6 Å². The molecule has 0 saturated carbocycles. The summed E-state index contributed by atoms with van der Waals surface area (Å²) in [6.07, 6.45) is 2.84. The number of anilines is 1. The Labute approximate surface area is 153 Å². The van der Waals surface area contributed by atoms with Gasteiger partial charge >= 0.3 is 6.09 Å². The topological polar surface area (TPSA) is 85.7 Å². The standard InChI is InChI=1S/C19H24N4O3/c1-22-13-19(26-18(22)25)9-3-11-23(14-19)10-2-4-17(24)21-16-7-5-15(12-20)6-8-16/h5-8H,2-4,9-11,13-14H2,1H3,(H,21,24)/t19-/m0/s1. The van der Waals surface area contributed by atoms with Gasteiger partial charge in [0.05, 0.1) is 18.2 Å². The molecular formula is C19H24N4O3. The number of nitrogens with one attached hydrogen (secondary N) is 1. The number of hydrogen-bond acceptors (Lipinski definition) is 5. The molecule has 26 heavy (non-hydrogen) atoms. The van der Waals surface area contributed by atoms with Crippen molar-refractivity contribution in [1.82, 2.24) is 9.80 Å². The quantitative estimate of drug-likeness (QED) is 0.874. The second-order valence-electron chi connectivity index (χ2n) is 7.13. The van der Waals surface area contributed by atoms with Crippen LogP contribution in [0.15, 0.2) is 24.3 Å². The van der Waals surface area contributed by atoms with Crippen molar-refractivity contribution < 1.29 is 14.3 Å². The van der Waals surface area contributed by atoms with E-state index in [-0.39, 0.29) is 17.6 Å². The van der Waals surface area contributed by atoms with Crippen molar-refractivity contribution in [2.45, 2.75) is 31.3 Å². The van der Waals surface area contributed by atoms with Crippen LogP contribution in [0.5, 0.6) is 0 Å². The number of carbonyl (C=O) groups excluding carboxylic acids is 2. The minimum Gasteiger partial charge on any atom is -0.440 e. The van der Waals surface area contributed by atoms with Gasteiger partial charge in [-0.15, -0.1) is 0 Å². The molecule has 1 aromatic rings. The van der Waals surface area contributed by atoms with Crippen LogP contribution in [-0.2, 0) is 9.53 Å². The van der Waals surface area contributed by atoms with Crippen LogP contribution in [0.4, 0.5) is 10.5 Å². The number of nitrogens with zero attached hydrogens (tertiary/aromatic N) is 3. The van der Waals surface area contributed by atoms with Gasteiger partial charge in [-0.2, -0.15) is 5.26 Å². The fourth-order valence-electron chi connectivity index (χ4n) is 3.70. The maximum atomic E-state index is 12.1. The molecule has 3 rings (SSSR count). The highest BCUT2D eigenvalue weighted by Gasteiger charge is 2.46. The molecule has 0 aliphatic carbocycles. The Morgan fingerprint density at radius 2 is 2.12 bits per heavy atom. The third kappa shape index (κ3) is 4.33. The van der Waals surface area contributed by atoms with E-state index in [4.69, 9.17) is 10.00 Å². The Morgan fingerprint density at radius 3 is 2.77 bits per heavy atom. The molecule has 1 spiro atoms. The maximum absolute atomic E-state index is 12.1. The molecule has 2 heterocycles. The summed E-state index contributed by atoms with van der Waals surface area (Å²) < 4.78 is 5.60. The molecule has 2 amide bonds. The molecule has 2 fully saturated rings. The summed E-state index contributed by atoms with van der Waals surface area (Å²) in [6.45, 7) is 3.16. The number of hydrogen-bond donors (Lipinski definition) is 1. The van der Waals surface area contributed by atoms with Crippen LogP contribution in [0.3, 0.4) is 0 Å². The largest absolute Gasteiger partial charge is 0.440 e. The van der Waals surface area contributed by atoms with Crippen LogP contribution >= 0.6 is 0 Å². The number of amides is 2. The van der Waals surface area contributed by atoms with E-state index in [1.807, 2.05) is 0 Å². The highest BCUT2D eigenvalue weighted by atomic mass is 16.6. The Morgan fingerprint density at radius 1 is 1.35 bits per heavy atom. The molecule has 1 atom stereocenters. The first-order valence-corrected chi connectivity index (χ1v) is 8.96. The fraction of sp³-hybridized carbons (Fsp3) is 0.526. The summed E-state index contributed by atoms with van der Waals surface area (Å²) in [4.78, 5) is 27.7. The Balaban J connectivity index is 1.42. The van der Waals surface area contributed by atoms with Crippen molar-refractivity contribution in [1.29, 1.82) is 5.26 Å². The van der Waals surface area contributed by atoms with Gasteiger partial charge in [0.25, 0.3) is 0 Å². The predicted molar refractivity (Wildman–Crippen MR) is 96.5 cm³/mol. The summed E-state index contributed by atoms with van der Waals surface area (Å²) in [6, 6.07) is 8.88. The summed E-state index contributed by atoms with van der Waals surface area (Å²) in [7, 11) is 1.77. The normalized spacial score (nSPS) is 22.9. The average Bonchev–Trinajstić information content (AvgIpc) is 2.88. The van der Waals surface area contributed by atoms with E-state index < -0.39 is 0 Å². The van der Waals surface area contributed by atoms with Crippen LogP contribution < -0.4 is 5.32 Å². The van der Waals surface area contributed by atoms with E-state index >= 15 is 0 Å². The molecule has 1 aromatic carbocycles. The molecule has 0 unspecified atom stereocenters. The van der Waals surface area contributed by atoms with E-state index in [9.17, 15) is 9.59 Å². The third-order valence-corrected chi connectivity index (χ3v) is 4.94. The average molecular weight is 356 g/mol. The SMILES string of the molecule is CN1C[C@]2(CCCN(CCCC(=O)Nc3ccc(C#N)cc3)C2)OC1=O. The summed E-state index contributed by atoms with van der Waals surface area (Å²) in [5.74, 6) is -0.0338. The molecule has 2 aliphatic heterocycles. The maximum Gasteiger partial charge on any atom is 0.410 e. The fourth-order valence-corrected chi connectivity index (χ4v) is 3.70. The van der Waals surface area contributed by atoms with E-state index in [0.717, 1.165) is 38.9 Å². The molecule has 0 aromatic heterocycles. The lowest BCUT2D eigenvalue weighted by Gasteiger charge is -2.38. The number of benzene rings is 1. The smallest absolute Gasteiger partial charge is 0.410 e. The van der Waals surface area contributed by atoms with Crippen molar-refractivity contribution in [2.24, 2.45) is 0 Å². The number of ether oxygens (including phenoxy) is 1. The monoisotopic (exact) mass is 356 g/mol. The first-order chi connectivity index (χ1) is 12.5. The highest BCUT2D eigenvalue weighted by molar-refractivity contribution is 5.90. The van der Waals surface area contributed by atoms with Crippen molar-refractivity contribution in [2.75, 3.05) is 38.5 Å². The van der Waals surface area contributed by atoms with Crippen molar-refractivity contribution in [3.8, 4) is 6.07 Å². The van der Waals surface area contributed by atoms with Crippen LogP contribution in [0.2, 0.25) is 0 Å². The minimum atomic E-state index is -0.380. The van der Waals surface area contributed by atoms with Gasteiger partial charge in [0.2, 0.25) is 5.91 Å². The molecule has 1 N–H and O–H groups in total. The van der Waals surface area contributed by atoms with Crippen molar-refractivity contribution >= 4 is 17.7 Å². The van der Waals surface area contributed by atoms with Gasteiger partial charge in [-0.1, -0.05) is 0 Å². The van der Waals surface area contributed by atoms with E-state index in [0.29, 0.717) is 24.2 Å². The van der Waals surface area contributed by atoms with Crippen molar-refractivity contribution in [3.63, 3.8) is 0 Å². The molecule has 7 heteroatoms. The van der Waals surface area contributed by atoms with Gasteiger partial charge in [0, 0.05) is 25.7 Å². The highest BCUT2D eigenvalue weighted by Crippen LogP contribution is 2.31. The number of nitriles is 1. The molecule has 0 bridgehead atoms. The zero-order valence-corrected chi connectivity index (χ0v) is 15.0. The van der Waals surface area contributed by atoms with E-state index in [1.165, 1.54) is 0 Å². The van der Waals surface area contributed by atoms with Gasteiger partial charge in [0.15, 0.2) is 0 Å². The van der Waals surface area contributed by atoms with Gasteiger partial charge < -0.3 is 15.0 Å². The lowest BCUT2D eigenvalue weighted by molar-refractivity contribution is -0.116. The number of likely N-dealkylation sites (tertiary alicyclic amines) is 1. The second kappa shape index (κ2) is 7.75. The molecule has 2 saturated heterocycles. The Hall–Kier alpha value is -2.59. The lowest BCUT2D eigenvalue weighted by Crippen LogP contribution is -2.50. The van der Waals surface area contributed by atoms with E-state index in [2.05, 4.69) is 16.3 Å². The second-order valence-corrected chi connectivity index (χ2v) is 7.13. The number of rotatable bonds is 5. The van der Waals surface area contributed by atoms with E-state index in [1.54, 1.807) is 36.2 Å². The predicted octanol–water partition coefficient (Wildman–Crippen LogP) is 2.19. The van der Waals surface area contributed by atoms with Crippen LogP contribution in [0, 0.1) is 11.3 Å². The third-order valence-electron chi connectivity index (χ3n) is 4.94. The van der Waals surface area contributed by atoms with Crippen LogP contribution in [0.1, 0.15) is 31.2 Å². The van der Waals surface area contributed by atoms with Gasteiger partial charge in [-0.3, -0.25) is 9.69 Å². The Bertz CT molecular complexity index is 712. The first-order valence-electron chi connectivity index (χ1n) is 8.96. The number of likely N-dealkylation sites (N-methyl/N-ethyl adjacent to an activating group) is 1. The van der Waals surface area contributed by atoms with Crippen LogP contribution in [0.25, 0.3) is 0 Å². The molecule has 0 radical (unpaired) electrons. The molecule has 7 nitrogen and oxygen atoms in total. The number of carbonyl (C=O) groups is 2. The van der Waals surface area contributed by atoms with Crippen molar-refractivity contribution in [3.05, 3.63) is 29.8 Å². The van der Waals surface area contributed by atoms with Gasteiger partial charge in [-0.05, 0) is 56.6 Å². The summed E-state index contributed by atoms with van der Waals surface area (Å²) in [5.41, 5.74) is 0.890.